The van der Waals surface area contributed by atoms with E-state index in [1.54, 1.807) is 0 Å². The predicted molar refractivity (Wildman–Crippen MR) is 88.1 cm³/mol. The molecule has 3 nitrogen and oxygen atoms in total. The number of amides is 1. The van der Waals surface area contributed by atoms with Gasteiger partial charge in [-0.05, 0) is 57.4 Å². The van der Waals surface area contributed by atoms with Crippen LogP contribution in [0.4, 0.5) is 0 Å². The third kappa shape index (κ3) is 2.39. The Bertz CT molecular complexity index is 585. The van der Waals surface area contributed by atoms with E-state index in [4.69, 9.17) is 0 Å². The third-order valence-electron chi connectivity index (χ3n) is 6.21. The average molecular weight is 300 g/mol. The van der Waals surface area contributed by atoms with Crippen LogP contribution < -0.4 is 0 Å². The zero-order chi connectivity index (χ0) is 15.3. The van der Waals surface area contributed by atoms with E-state index in [1.807, 2.05) is 0 Å². The van der Waals surface area contributed by atoms with Crippen molar-refractivity contribution in [3.05, 3.63) is 23.0 Å². The lowest BCUT2D eigenvalue weighted by Gasteiger charge is -2.41. The molecule has 2 atom stereocenters. The molecular formula is C19H28N2O. The average Bonchev–Trinajstić information content (AvgIpc) is 3.32. The fraction of sp³-hybridized carbons (Fsp3) is 0.737. The van der Waals surface area contributed by atoms with Gasteiger partial charge in [0.2, 0.25) is 0 Å². The van der Waals surface area contributed by atoms with Crippen LogP contribution in [0.5, 0.6) is 0 Å². The molecule has 3 heteroatoms. The smallest absolute Gasteiger partial charge is 0.255 e. The Balaban J connectivity index is 1.53. The van der Waals surface area contributed by atoms with Crippen molar-refractivity contribution in [1.29, 1.82) is 0 Å². The van der Waals surface area contributed by atoms with Crippen LogP contribution in [-0.2, 0) is 0 Å². The number of fused-ring (bicyclic) bond motifs is 1. The van der Waals surface area contributed by atoms with E-state index in [0.717, 1.165) is 30.5 Å². The number of piperidine rings is 1. The monoisotopic (exact) mass is 300 g/mol. The molecule has 3 aliphatic rings. The van der Waals surface area contributed by atoms with E-state index < -0.39 is 0 Å². The summed E-state index contributed by atoms with van der Waals surface area (Å²) in [5, 5.41) is 0. The third-order valence-corrected chi connectivity index (χ3v) is 6.21. The van der Waals surface area contributed by atoms with Crippen molar-refractivity contribution in [2.24, 2.45) is 11.8 Å². The topological polar surface area (TPSA) is 25.2 Å². The Morgan fingerprint density at radius 2 is 1.77 bits per heavy atom. The molecule has 0 unspecified atom stereocenters. The largest absolute Gasteiger partial charge is 0.345 e. The summed E-state index contributed by atoms with van der Waals surface area (Å²) in [5.74, 6) is 1.93. The molecule has 2 aliphatic carbocycles. The highest BCUT2D eigenvalue weighted by Crippen LogP contribution is 2.39. The summed E-state index contributed by atoms with van der Waals surface area (Å²) in [6, 6.07) is 2.79. The number of hydrogen-bond acceptors (Lipinski definition) is 1. The molecule has 2 heterocycles. The molecule has 0 aromatic carbocycles. The molecule has 120 valence electrons. The Morgan fingerprint density at radius 3 is 2.50 bits per heavy atom. The second kappa shape index (κ2) is 5.43. The molecule has 1 aromatic heterocycles. The fourth-order valence-electron chi connectivity index (χ4n) is 4.84. The first-order chi connectivity index (χ1) is 10.6. The van der Waals surface area contributed by atoms with Crippen molar-refractivity contribution in [3.8, 4) is 0 Å². The van der Waals surface area contributed by atoms with Crippen molar-refractivity contribution in [1.82, 2.24) is 9.47 Å². The molecule has 4 rings (SSSR count). The first-order valence-electron chi connectivity index (χ1n) is 9.13. The maximum atomic E-state index is 13.0. The van der Waals surface area contributed by atoms with Gasteiger partial charge in [0, 0.05) is 30.5 Å². The summed E-state index contributed by atoms with van der Waals surface area (Å²) < 4.78 is 2.39. The number of carbonyl (C=O) groups is 1. The van der Waals surface area contributed by atoms with Gasteiger partial charge in [0.25, 0.3) is 5.91 Å². The van der Waals surface area contributed by atoms with Gasteiger partial charge >= 0.3 is 0 Å². The van der Waals surface area contributed by atoms with Crippen LogP contribution in [0, 0.1) is 25.7 Å². The second-order valence-corrected chi connectivity index (χ2v) is 7.73. The number of carbonyl (C=O) groups excluding carboxylic acids is 1. The predicted octanol–water partition coefficient (Wildman–Crippen LogP) is 4.09. The Morgan fingerprint density at radius 1 is 1.05 bits per heavy atom. The number of hydrogen-bond donors (Lipinski definition) is 0. The van der Waals surface area contributed by atoms with Crippen LogP contribution in [0.3, 0.4) is 0 Å². The van der Waals surface area contributed by atoms with Gasteiger partial charge < -0.3 is 9.47 Å². The first-order valence-corrected chi connectivity index (χ1v) is 9.13. The summed E-state index contributed by atoms with van der Waals surface area (Å²) in [4.78, 5) is 15.2. The number of rotatable bonds is 2. The fourth-order valence-corrected chi connectivity index (χ4v) is 4.84. The number of nitrogens with zero attached hydrogens (tertiary/aromatic N) is 2. The van der Waals surface area contributed by atoms with Crippen molar-refractivity contribution in [2.75, 3.05) is 13.1 Å². The van der Waals surface area contributed by atoms with Gasteiger partial charge in [-0.1, -0.05) is 19.3 Å². The molecule has 1 aliphatic heterocycles. The van der Waals surface area contributed by atoms with Crippen LogP contribution in [0.25, 0.3) is 0 Å². The standard InChI is InChI=1S/C19H28N2O/c1-13-11-18(14(2)21(13)17-7-8-17)19(22)20-10-9-15-5-3-4-6-16(15)12-20/h11,15-17H,3-10,12H2,1-2H3/t15-,16+/m0/s1. The maximum Gasteiger partial charge on any atom is 0.255 e. The lowest BCUT2D eigenvalue weighted by molar-refractivity contribution is 0.0520. The van der Waals surface area contributed by atoms with Gasteiger partial charge in [-0.3, -0.25) is 4.79 Å². The summed E-state index contributed by atoms with van der Waals surface area (Å²) in [6.45, 7) is 6.24. The van der Waals surface area contributed by atoms with Gasteiger partial charge in [-0.2, -0.15) is 0 Å². The van der Waals surface area contributed by atoms with Gasteiger partial charge in [0.1, 0.15) is 0 Å². The maximum absolute atomic E-state index is 13.0. The minimum absolute atomic E-state index is 0.282. The molecule has 3 fully saturated rings. The minimum Gasteiger partial charge on any atom is -0.345 e. The van der Waals surface area contributed by atoms with E-state index in [1.165, 1.54) is 56.3 Å². The minimum atomic E-state index is 0.282. The molecule has 0 spiro atoms. The first kappa shape index (κ1) is 14.3. The van der Waals surface area contributed by atoms with E-state index in [9.17, 15) is 4.79 Å². The number of aromatic nitrogens is 1. The van der Waals surface area contributed by atoms with Crippen LogP contribution in [0.1, 0.15) is 72.7 Å². The van der Waals surface area contributed by atoms with Crippen LogP contribution in [0.2, 0.25) is 0 Å². The highest BCUT2D eigenvalue weighted by molar-refractivity contribution is 5.95. The lowest BCUT2D eigenvalue weighted by atomic mass is 9.75. The van der Waals surface area contributed by atoms with Crippen LogP contribution >= 0.6 is 0 Å². The lowest BCUT2D eigenvalue weighted by Crippen LogP contribution is -2.44. The quantitative estimate of drug-likeness (QED) is 0.807. The zero-order valence-corrected chi connectivity index (χ0v) is 14.0. The number of likely N-dealkylation sites (tertiary alicyclic amines) is 1. The Hall–Kier alpha value is -1.25. The highest BCUT2D eigenvalue weighted by atomic mass is 16.2. The van der Waals surface area contributed by atoms with Crippen LogP contribution in [-0.4, -0.2) is 28.5 Å². The van der Waals surface area contributed by atoms with E-state index in [0.29, 0.717) is 6.04 Å². The molecule has 1 saturated heterocycles. The Labute approximate surface area is 133 Å². The van der Waals surface area contributed by atoms with Crippen molar-refractivity contribution in [3.63, 3.8) is 0 Å². The van der Waals surface area contributed by atoms with Crippen LogP contribution in [0.15, 0.2) is 6.07 Å². The van der Waals surface area contributed by atoms with E-state index >= 15 is 0 Å². The zero-order valence-electron chi connectivity index (χ0n) is 14.0. The van der Waals surface area contributed by atoms with Gasteiger partial charge in [-0.25, -0.2) is 0 Å². The molecule has 1 aromatic rings. The van der Waals surface area contributed by atoms with E-state index in [2.05, 4.69) is 29.4 Å². The normalized spacial score (nSPS) is 28.5. The summed E-state index contributed by atoms with van der Waals surface area (Å²) in [7, 11) is 0. The van der Waals surface area contributed by atoms with Gasteiger partial charge in [-0.15, -0.1) is 0 Å². The highest BCUT2D eigenvalue weighted by Gasteiger charge is 2.35. The van der Waals surface area contributed by atoms with Gasteiger partial charge in [0.05, 0.1) is 5.56 Å². The second-order valence-electron chi connectivity index (χ2n) is 7.73. The summed E-state index contributed by atoms with van der Waals surface area (Å²) in [6.07, 6.45) is 9.25. The van der Waals surface area contributed by atoms with Crippen molar-refractivity contribution < 1.29 is 4.79 Å². The molecule has 0 radical (unpaired) electrons. The molecule has 22 heavy (non-hydrogen) atoms. The molecule has 1 amide bonds. The Kier molecular flexibility index (Phi) is 3.54. The van der Waals surface area contributed by atoms with Crippen molar-refractivity contribution >= 4 is 5.91 Å². The molecular weight excluding hydrogens is 272 g/mol. The SMILES string of the molecule is Cc1cc(C(=O)N2CC[C@@H]3CCCC[C@@H]3C2)c(C)n1C1CC1. The van der Waals surface area contributed by atoms with E-state index in [-0.39, 0.29) is 5.91 Å². The molecule has 0 N–H and O–H groups in total. The summed E-state index contributed by atoms with van der Waals surface area (Å²) >= 11 is 0. The molecule has 0 bridgehead atoms. The van der Waals surface area contributed by atoms with Crippen molar-refractivity contribution in [2.45, 2.75) is 64.8 Å². The molecule has 2 saturated carbocycles. The summed E-state index contributed by atoms with van der Waals surface area (Å²) in [5.41, 5.74) is 3.41. The number of aryl methyl sites for hydroxylation is 1. The van der Waals surface area contributed by atoms with Gasteiger partial charge in [0.15, 0.2) is 0 Å².